The molecule has 31 heavy (non-hydrogen) atoms. The van der Waals surface area contributed by atoms with Crippen molar-refractivity contribution in [3.8, 4) is 11.5 Å². The second kappa shape index (κ2) is 9.05. The summed E-state index contributed by atoms with van der Waals surface area (Å²) in [6, 6.07) is 16.2. The molecule has 4 rings (SSSR count). The number of hydrogen-bond donors (Lipinski definition) is 0. The van der Waals surface area contributed by atoms with Crippen molar-refractivity contribution >= 4 is 63.3 Å². The lowest BCUT2D eigenvalue weighted by Gasteiger charge is -2.16. The molecule has 1 aromatic heterocycles. The number of carbonyl (C=O) groups is 2. The maximum Gasteiger partial charge on any atom is 0.353 e. The van der Waals surface area contributed by atoms with E-state index >= 15 is 0 Å². The topological polar surface area (TPSA) is 55.8 Å². The van der Waals surface area contributed by atoms with Gasteiger partial charge in [0.2, 0.25) is 0 Å². The van der Waals surface area contributed by atoms with Crippen molar-refractivity contribution in [2.24, 2.45) is 0 Å². The Bertz CT molecular complexity index is 1200. The van der Waals surface area contributed by atoms with Crippen molar-refractivity contribution in [2.45, 2.75) is 6.92 Å². The van der Waals surface area contributed by atoms with Gasteiger partial charge in [-0.2, -0.15) is 0 Å². The maximum atomic E-state index is 13.0. The highest BCUT2D eigenvalue weighted by Gasteiger charge is 2.34. The van der Waals surface area contributed by atoms with Crippen molar-refractivity contribution < 1.29 is 19.1 Å². The minimum absolute atomic E-state index is 0.170. The quantitative estimate of drug-likeness (QED) is 0.208. The highest BCUT2D eigenvalue weighted by molar-refractivity contribution is 8.27. The van der Waals surface area contributed by atoms with Crippen molar-refractivity contribution in [1.82, 2.24) is 0 Å². The molecule has 0 N–H and O–H groups in total. The Hall–Kier alpha value is -2.94. The lowest BCUT2D eigenvalue weighted by Crippen LogP contribution is -2.28. The van der Waals surface area contributed by atoms with Gasteiger partial charge >= 0.3 is 5.97 Å². The molecule has 2 aromatic carbocycles. The predicted molar refractivity (Wildman–Crippen MR) is 129 cm³/mol. The number of thiocarbonyl (C=S) groups is 1. The summed E-state index contributed by atoms with van der Waals surface area (Å²) in [5.41, 5.74) is 2.48. The van der Waals surface area contributed by atoms with Crippen molar-refractivity contribution in [2.75, 3.05) is 12.0 Å². The zero-order chi connectivity index (χ0) is 22.0. The van der Waals surface area contributed by atoms with E-state index in [4.69, 9.17) is 21.7 Å². The molecule has 2 heterocycles. The van der Waals surface area contributed by atoms with E-state index in [1.54, 1.807) is 41.3 Å². The minimum atomic E-state index is -0.444. The SMILES string of the molecule is COc1cc(/C=C2\SC(=S)N(c3ccccc3C)C2=O)ccc1OC(=O)c1cccs1. The fraction of sp³-hybridized carbons (Fsp3) is 0.0870. The average molecular weight is 468 g/mol. The number of hydrogen-bond acceptors (Lipinski definition) is 7. The summed E-state index contributed by atoms with van der Waals surface area (Å²) in [5.74, 6) is 0.0927. The molecule has 8 heteroatoms. The van der Waals surface area contributed by atoms with Crippen LogP contribution in [0.25, 0.3) is 6.08 Å². The first-order valence-corrected chi connectivity index (χ1v) is 11.4. The zero-order valence-electron chi connectivity index (χ0n) is 16.7. The molecule has 1 fully saturated rings. The molecule has 0 saturated carbocycles. The second-order valence-electron chi connectivity index (χ2n) is 6.58. The van der Waals surface area contributed by atoms with E-state index in [0.29, 0.717) is 25.6 Å². The number of thiophene rings is 1. The minimum Gasteiger partial charge on any atom is -0.493 e. The fourth-order valence-corrected chi connectivity index (χ4v) is 4.93. The normalized spacial score (nSPS) is 14.9. The van der Waals surface area contributed by atoms with Crippen molar-refractivity contribution in [3.63, 3.8) is 0 Å². The van der Waals surface area contributed by atoms with Crippen LogP contribution in [0, 0.1) is 6.92 Å². The number of rotatable bonds is 5. The van der Waals surface area contributed by atoms with E-state index in [2.05, 4.69) is 0 Å². The Morgan fingerprint density at radius 2 is 1.90 bits per heavy atom. The van der Waals surface area contributed by atoms with Crippen molar-refractivity contribution in [1.29, 1.82) is 0 Å². The number of benzene rings is 2. The molecule has 1 aliphatic rings. The highest BCUT2D eigenvalue weighted by atomic mass is 32.2. The summed E-state index contributed by atoms with van der Waals surface area (Å²) < 4.78 is 11.3. The van der Waals surface area contributed by atoms with Gasteiger partial charge in [0, 0.05) is 0 Å². The third kappa shape index (κ3) is 4.41. The van der Waals surface area contributed by atoms with Gasteiger partial charge in [-0.1, -0.05) is 54.3 Å². The number of nitrogens with zero attached hydrogens (tertiary/aromatic N) is 1. The summed E-state index contributed by atoms with van der Waals surface area (Å²) in [5, 5.41) is 1.81. The summed E-state index contributed by atoms with van der Waals surface area (Å²) in [6.45, 7) is 1.94. The van der Waals surface area contributed by atoms with E-state index in [9.17, 15) is 9.59 Å². The number of esters is 1. The Morgan fingerprint density at radius 1 is 1.10 bits per heavy atom. The maximum absolute atomic E-state index is 13.0. The van der Waals surface area contributed by atoms with Crippen LogP contribution < -0.4 is 14.4 Å². The molecule has 0 radical (unpaired) electrons. The van der Waals surface area contributed by atoms with Crippen LogP contribution in [0.3, 0.4) is 0 Å². The van der Waals surface area contributed by atoms with E-state index in [0.717, 1.165) is 16.8 Å². The molecule has 1 aliphatic heterocycles. The average Bonchev–Trinajstić information content (AvgIpc) is 3.39. The van der Waals surface area contributed by atoms with Crippen LogP contribution in [0.4, 0.5) is 5.69 Å². The Labute approximate surface area is 193 Å². The Balaban J connectivity index is 1.59. The van der Waals surface area contributed by atoms with Gasteiger partial charge in [0.25, 0.3) is 5.91 Å². The molecule has 156 valence electrons. The zero-order valence-corrected chi connectivity index (χ0v) is 19.1. The molecule has 0 unspecified atom stereocenters. The van der Waals surface area contributed by atoms with Crippen LogP contribution >= 0.6 is 35.3 Å². The number of para-hydroxylation sites is 1. The lowest BCUT2D eigenvalue weighted by atomic mass is 10.1. The predicted octanol–water partition coefficient (Wildman–Crippen LogP) is 5.69. The molecule has 0 aliphatic carbocycles. The summed E-state index contributed by atoms with van der Waals surface area (Å²) in [4.78, 5) is 27.8. The first-order valence-electron chi connectivity index (χ1n) is 9.25. The number of ether oxygens (including phenoxy) is 2. The molecule has 0 bridgehead atoms. The van der Waals surface area contributed by atoms with Gasteiger partial charge < -0.3 is 9.47 Å². The van der Waals surface area contributed by atoms with Crippen molar-refractivity contribution in [3.05, 3.63) is 80.9 Å². The molecular formula is C23H17NO4S3. The first-order chi connectivity index (χ1) is 15.0. The van der Waals surface area contributed by atoms with Gasteiger partial charge in [-0.25, -0.2) is 4.79 Å². The van der Waals surface area contributed by atoms with E-state index in [1.165, 1.54) is 30.2 Å². The number of anilines is 1. The summed E-state index contributed by atoms with van der Waals surface area (Å²) in [6.07, 6.45) is 1.75. The van der Waals surface area contributed by atoms with Crippen LogP contribution in [-0.2, 0) is 4.79 Å². The summed E-state index contributed by atoms with van der Waals surface area (Å²) >= 11 is 8.01. The van der Waals surface area contributed by atoms with Crippen LogP contribution in [0.5, 0.6) is 11.5 Å². The van der Waals surface area contributed by atoms with Crippen LogP contribution in [0.15, 0.2) is 64.9 Å². The standard InChI is InChI=1S/C23H17NO4S3/c1-14-6-3-4-7-16(14)24-21(25)20(31-23(24)29)13-15-9-10-17(18(12-15)27-2)28-22(26)19-8-5-11-30-19/h3-13H,1-2H3/b20-13-. The number of aryl methyl sites for hydroxylation is 1. The van der Waals surface area contributed by atoms with Gasteiger partial charge in [0.05, 0.1) is 17.7 Å². The highest BCUT2D eigenvalue weighted by Crippen LogP contribution is 2.38. The van der Waals surface area contributed by atoms with Crippen LogP contribution in [0.2, 0.25) is 0 Å². The second-order valence-corrected chi connectivity index (χ2v) is 9.20. The number of thioether (sulfide) groups is 1. The third-order valence-electron chi connectivity index (χ3n) is 4.56. The molecule has 5 nitrogen and oxygen atoms in total. The molecule has 1 amide bonds. The number of carbonyl (C=O) groups excluding carboxylic acids is 2. The van der Waals surface area contributed by atoms with Gasteiger partial charge in [0.1, 0.15) is 4.88 Å². The van der Waals surface area contributed by atoms with Gasteiger partial charge in [-0.05, 0) is 53.8 Å². The summed E-state index contributed by atoms with van der Waals surface area (Å²) in [7, 11) is 1.50. The van der Waals surface area contributed by atoms with Gasteiger partial charge in [-0.15, -0.1) is 11.3 Å². The van der Waals surface area contributed by atoms with E-state index < -0.39 is 5.97 Å². The van der Waals surface area contributed by atoms with Crippen LogP contribution in [-0.4, -0.2) is 23.3 Å². The smallest absolute Gasteiger partial charge is 0.353 e. The van der Waals surface area contributed by atoms with Crippen LogP contribution in [0.1, 0.15) is 20.8 Å². The van der Waals surface area contributed by atoms with Gasteiger partial charge in [0.15, 0.2) is 15.8 Å². The van der Waals surface area contributed by atoms with E-state index in [1.807, 2.05) is 36.6 Å². The lowest BCUT2D eigenvalue weighted by molar-refractivity contribution is -0.113. The monoisotopic (exact) mass is 467 g/mol. The number of amides is 1. The molecule has 1 saturated heterocycles. The van der Waals surface area contributed by atoms with E-state index in [-0.39, 0.29) is 5.91 Å². The first kappa shape index (κ1) is 21.3. The molecular weight excluding hydrogens is 450 g/mol. The largest absolute Gasteiger partial charge is 0.493 e. The molecule has 3 aromatic rings. The molecule has 0 atom stereocenters. The Kier molecular flexibility index (Phi) is 6.22. The Morgan fingerprint density at radius 3 is 2.61 bits per heavy atom. The third-order valence-corrected chi connectivity index (χ3v) is 6.71. The molecule has 0 spiro atoms. The van der Waals surface area contributed by atoms with Gasteiger partial charge in [-0.3, -0.25) is 9.69 Å². The fourth-order valence-electron chi connectivity index (χ4n) is 3.04. The number of methoxy groups -OCH3 is 1.